The van der Waals surface area contributed by atoms with Crippen LogP contribution in [0.4, 0.5) is 0 Å². The molecule has 0 spiro atoms. The number of benzene rings is 4. The van der Waals surface area contributed by atoms with E-state index in [2.05, 4.69) is 93.3 Å². The second-order valence-electron chi connectivity index (χ2n) is 11.1. The highest BCUT2D eigenvalue weighted by atomic mass is 16.5. The molecule has 0 unspecified atom stereocenters. The predicted molar refractivity (Wildman–Crippen MR) is 154 cm³/mol. The summed E-state index contributed by atoms with van der Waals surface area (Å²) in [6, 6.07) is 31.0. The van der Waals surface area contributed by atoms with Crippen LogP contribution in [0.2, 0.25) is 0 Å². The van der Waals surface area contributed by atoms with Gasteiger partial charge in [-0.15, -0.1) is 0 Å². The standard InChI is InChI=1S/C34H37NO2/c1-23(34(2,3)4)35-21-28-9-7-26(24-11-15-30(36-5)16-12-24)19-32(28)33-20-27(8-10-29(33)22-35)25-13-17-31(37-6)18-14-25/h7-20,23H,21-22H2,1-6H3/t23-/m0/s1. The van der Waals surface area contributed by atoms with E-state index < -0.39 is 0 Å². The van der Waals surface area contributed by atoms with Gasteiger partial charge in [-0.2, -0.15) is 0 Å². The van der Waals surface area contributed by atoms with Crippen LogP contribution in [-0.4, -0.2) is 25.2 Å². The number of methoxy groups -OCH3 is 2. The van der Waals surface area contributed by atoms with E-state index in [9.17, 15) is 0 Å². The second kappa shape index (κ2) is 10.1. The van der Waals surface area contributed by atoms with Crippen molar-refractivity contribution in [1.82, 2.24) is 4.90 Å². The van der Waals surface area contributed by atoms with E-state index in [1.54, 1.807) is 14.2 Å². The van der Waals surface area contributed by atoms with Crippen molar-refractivity contribution in [3.8, 4) is 44.9 Å². The van der Waals surface area contributed by atoms with Crippen molar-refractivity contribution in [2.24, 2.45) is 5.41 Å². The van der Waals surface area contributed by atoms with Crippen LogP contribution in [0.1, 0.15) is 38.8 Å². The van der Waals surface area contributed by atoms with Crippen molar-refractivity contribution in [3.05, 3.63) is 96.1 Å². The molecule has 0 radical (unpaired) electrons. The molecule has 1 atom stereocenters. The summed E-state index contributed by atoms with van der Waals surface area (Å²) < 4.78 is 10.8. The van der Waals surface area contributed by atoms with Crippen LogP contribution in [0.25, 0.3) is 33.4 Å². The number of hydrogen-bond donors (Lipinski definition) is 0. The van der Waals surface area contributed by atoms with E-state index in [1.165, 1.54) is 44.5 Å². The number of nitrogens with zero attached hydrogens (tertiary/aromatic N) is 1. The van der Waals surface area contributed by atoms with Gasteiger partial charge in [-0.25, -0.2) is 0 Å². The van der Waals surface area contributed by atoms with Crippen molar-refractivity contribution in [1.29, 1.82) is 0 Å². The van der Waals surface area contributed by atoms with Gasteiger partial charge in [0.15, 0.2) is 0 Å². The molecule has 4 aromatic carbocycles. The van der Waals surface area contributed by atoms with Gasteiger partial charge in [-0.3, -0.25) is 4.90 Å². The Morgan fingerprint density at radius 2 is 0.973 bits per heavy atom. The molecule has 190 valence electrons. The molecular weight excluding hydrogens is 454 g/mol. The molecule has 5 rings (SSSR count). The van der Waals surface area contributed by atoms with E-state index in [1.807, 2.05) is 24.3 Å². The van der Waals surface area contributed by atoms with Gasteiger partial charge in [-0.05, 0) is 93.2 Å². The predicted octanol–water partition coefficient (Wildman–Crippen LogP) is 8.46. The summed E-state index contributed by atoms with van der Waals surface area (Å²) in [5.41, 5.74) is 10.4. The third-order valence-corrected chi connectivity index (χ3v) is 7.90. The van der Waals surface area contributed by atoms with Crippen LogP contribution < -0.4 is 9.47 Å². The molecular formula is C34H37NO2. The minimum absolute atomic E-state index is 0.191. The molecule has 1 aliphatic rings. The Hall–Kier alpha value is -3.56. The highest BCUT2D eigenvalue weighted by molar-refractivity contribution is 5.81. The first-order chi connectivity index (χ1) is 17.8. The van der Waals surface area contributed by atoms with Crippen molar-refractivity contribution < 1.29 is 9.47 Å². The molecule has 0 fully saturated rings. The van der Waals surface area contributed by atoms with Crippen LogP contribution in [0.15, 0.2) is 84.9 Å². The lowest BCUT2D eigenvalue weighted by atomic mass is 9.86. The zero-order chi connectivity index (χ0) is 26.2. The first-order valence-electron chi connectivity index (χ1n) is 13.1. The number of ether oxygens (including phenoxy) is 2. The van der Waals surface area contributed by atoms with E-state index in [-0.39, 0.29) is 5.41 Å². The SMILES string of the molecule is COc1ccc(-c2ccc3c(c2)-c2cc(-c4ccc(OC)cc4)ccc2CN([C@@H](C)C(C)(C)C)C3)cc1. The molecule has 0 aliphatic carbocycles. The van der Waals surface area contributed by atoms with E-state index in [0.29, 0.717) is 6.04 Å². The summed E-state index contributed by atoms with van der Waals surface area (Å²) in [6.45, 7) is 11.2. The van der Waals surface area contributed by atoms with Crippen LogP contribution in [-0.2, 0) is 13.1 Å². The van der Waals surface area contributed by atoms with Crippen LogP contribution in [0.5, 0.6) is 11.5 Å². The molecule has 37 heavy (non-hydrogen) atoms. The lowest BCUT2D eigenvalue weighted by Crippen LogP contribution is -2.40. The molecule has 0 N–H and O–H groups in total. The average molecular weight is 492 g/mol. The Bertz CT molecular complexity index is 1280. The van der Waals surface area contributed by atoms with Crippen LogP contribution in [0.3, 0.4) is 0 Å². The zero-order valence-corrected chi connectivity index (χ0v) is 22.8. The third kappa shape index (κ3) is 5.14. The topological polar surface area (TPSA) is 21.7 Å². The highest BCUT2D eigenvalue weighted by Crippen LogP contribution is 2.40. The Morgan fingerprint density at radius 1 is 0.595 bits per heavy atom. The van der Waals surface area contributed by atoms with E-state index >= 15 is 0 Å². The Balaban J connectivity index is 1.64. The Morgan fingerprint density at radius 3 is 1.32 bits per heavy atom. The normalized spacial score (nSPS) is 14.3. The molecule has 1 heterocycles. The molecule has 1 aliphatic heterocycles. The minimum Gasteiger partial charge on any atom is -0.497 e. The highest BCUT2D eigenvalue weighted by Gasteiger charge is 2.30. The van der Waals surface area contributed by atoms with Gasteiger partial charge in [0.1, 0.15) is 11.5 Å². The quantitative estimate of drug-likeness (QED) is 0.279. The molecule has 3 nitrogen and oxygen atoms in total. The lowest BCUT2D eigenvalue weighted by Gasteiger charge is -2.37. The van der Waals surface area contributed by atoms with Crippen molar-refractivity contribution >= 4 is 0 Å². The van der Waals surface area contributed by atoms with Crippen molar-refractivity contribution in [2.75, 3.05) is 14.2 Å². The Kier molecular flexibility index (Phi) is 6.83. The third-order valence-electron chi connectivity index (χ3n) is 7.90. The van der Waals surface area contributed by atoms with Crippen molar-refractivity contribution in [3.63, 3.8) is 0 Å². The number of rotatable bonds is 5. The maximum Gasteiger partial charge on any atom is 0.118 e. The maximum absolute atomic E-state index is 5.38. The molecule has 0 amide bonds. The summed E-state index contributed by atoms with van der Waals surface area (Å²) in [7, 11) is 3.41. The van der Waals surface area contributed by atoms with Crippen molar-refractivity contribution in [2.45, 2.75) is 46.8 Å². The number of hydrogen-bond acceptors (Lipinski definition) is 3. The second-order valence-corrected chi connectivity index (χ2v) is 11.1. The fourth-order valence-electron chi connectivity index (χ4n) is 5.17. The number of fused-ring (bicyclic) bond motifs is 3. The largest absolute Gasteiger partial charge is 0.497 e. The van der Waals surface area contributed by atoms with E-state index in [0.717, 1.165) is 24.6 Å². The first-order valence-corrected chi connectivity index (χ1v) is 13.1. The van der Waals surface area contributed by atoms with E-state index in [4.69, 9.17) is 9.47 Å². The lowest BCUT2D eigenvalue weighted by molar-refractivity contribution is 0.0994. The van der Waals surface area contributed by atoms with Gasteiger partial charge < -0.3 is 9.47 Å². The van der Waals surface area contributed by atoms with Crippen LogP contribution in [0, 0.1) is 5.41 Å². The summed E-state index contributed by atoms with van der Waals surface area (Å²) >= 11 is 0. The Labute approximate surface area is 221 Å². The fraction of sp³-hybridized carbons (Fsp3) is 0.294. The molecule has 0 bridgehead atoms. The summed E-state index contributed by atoms with van der Waals surface area (Å²) in [6.07, 6.45) is 0. The molecule has 3 heteroatoms. The van der Waals surface area contributed by atoms with Gasteiger partial charge in [0.25, 0.3) is 0 Å². The smallest absolute Gasteiger partial charge is 0.118 e. The van der Waals surface area contributed by atoms with Gasteiger partial charge in [0.2, 0.25) is 0 Å². The average Bonchev–Trinajstić information content (AvgIpc) is 3.08. The summed E-state index contributed by atoms with van der Waals surface area (Å²) in [5, 5.41) is 0. The fourth-order valence-corrected chi connectivity index (χ4v) is 5.17. The van der Waals surface area contributed by atoms with Gasteiger partial charge in [0, 0.05) is 19.1 Å². The van der Waals surface area contributed by atoms with Gasteiger partial charge in [-0.1, -0.05) is 69.3 Å². The van der Waals surface area contributed by atoms with Gasteiger partial charge in [0.05, 0.1) is 14.2 Å². The minimum atomic E-state index is 0.191. The van der Waals surface area contributed by atoms with Crippen LogP contribution >= 0.6 is 0 Å². The monoisotopic (exact) mass is 491 g/mol. The molecule has 0 aromatic heterocycles. The first kappa shape index (κ1) is 25.1. The van der Waals surface area contributed by atoms with Gasteiger partial charge >= 0.3 is 0 Å². The summed E-state index contributed by atoms with van der Waals surface area (Å²) in [4.78, 5) is 2.63. The zero-order valence-electron chi connectivity index (χ0n) is 22.8. The summed E-state index contributed by atoms with van der Waals surface area (Å²) in [5.74, 6) is 1.75. The maximum atomic E-state index is 5.38. The molecule has 0 saturated heterocycles. The molecule has 4 aromatic rings. The molecule has 0 saturated carbocycles.